The van der Waals surface area contributed by atoms with E-state index in [1.165, 1.54) is 0 Å². The predicted molar refractivity (Wildman–Crippen MR) is 146 cm³/mol. The van der Waals surface area contributed by atoms with Gasteiger partial charge in [-0.2, -0.15) is 0 Å². The fourth-order valence-electron chi connectivity index (χ4n) is 4.98. The molecule has 1 saturated heterocycles. The molecule has 1 aliphatic rings. The van der Waals surface area contributed by atoms with Crippen LogP contribution in [0.15, 0.2) is 66.0 Å². The molecule has 3 heterocycles. The third-order valence-corrected chi connectivity index (χ3v) is 8.41. The summed E-state index contributed by atoms with van der Waals surface area (Å²) >= 11 is 0. The van der Waals surface area contributed by atoms with Gasteiger partial charge < -0.3 is 19.1 Å². The number of carbonyl (C=O) groups excluding carboxylic acids is 1. The van der Waals surface area contributed by atoms with Crippen LogP contribution >= 0.6 is 0 Å². The highest BCUT2D eigenvalue weighted by atomic mass is 32.2. The van der Waals surface area contributed by atoms with Gasteiger partial charge >= 0.3 is 0 Å². The Kier molecular flexibility index (Phi) is 6.94. The summed E-state index contributed by atoms with van der Waals surface area (Å²) in [5.41, 5.74) is 2.25. The normalized spacial score (nSPS) is 14.1. The molecule has 1 fully saturated rings. The standard InChI is InChI=1S/C27H30N6O4S/c1-19-16-22(37-3)17-20(2)26(19)38(35,36)30-23-7-4-6-21-8-11-33(25(21)23)18-24(34)31-12-14-32(15-13-31)27-28-9-5-10-29-27/h4-11,16-17,30H,12-15,18H2,1-3H3. The Labute approximate surface area is 221 Å². The second kappa shape index (κ2) is 10.3. The third-order valence-electron chi connectivity index (χ3n) is 6.74. The highest BCUT2D eigenvalue weighted by Crippen LogP contribution is 2.31. The molecule has 4 aromatic rings. The molecule has 1 N–H and O–H groups in total. The van der Waals surface area contributed by atoms with Crippen LogP contribution in [0.1, 0.15) is 11.1 Å². The van der Waals surface area contributed by atoms with E-state index in [2.05, 4.69) is 19.6 Å². The summed E-state index contributed by atoms with van der Waals surface area (Å²) in [4.78, 5) is 25.9. The number of rotatable bonds is 7. The summed E-state index contributed by atoms with van der Waals surface area (Å²) in [6.07, 6.45) is 5.23. The largest absolute Gasteiger partial charge is 0.497 e. The molecule has 0 bridgehead atoms. The van der Waals surface area contributed by atoms with Gasteiger partial charge in [-0.25, -0.2) is 18.4 Å². The maximum Gasteiger partial charge on any atom is 0.262 e. The highest BCUT2D eigenvalue weighted by Gasteiger charge is 2.25. The summed E-state index contributed by atoms with van der Waals surface area (Å²) in [5.74, 6) is 1.23. The first-order valence-electron chi connectivity index (χ1n) is 12.3. The number of para-hydroxylation sites is 1. The van der Waals surface area contributed by atoms with Gasteiger partial charge in [0.15, 0.2) is 0 Å². The maximum atomic E-state index is 13.5. The highest BCUT2D eigenvalue weighted by molar-refractivity contribution is 7.92. The van der Waals surface area contributed by atoms with Gasteiger partial charge in [0.2, 0.25) is 11.9 Å². The van der Waals surface area contributed by atoms with Crippen molar-refractivity contribution < 1.29 is 17.9 Å². The fraction of sp³-hybridized carbons (Fsp3) is 0.296. The number of benzene rings is 2. The van der Waals surface area contributed by atoms with E-state index in [1.807, 2.05) is 23.2 Å². The Morgan fingerprint density at radius 3 is 2.34 bits per heavy atom. The molecule has 0 atom stereocenters. The monoisotopic (exact) mass is 534 g/mol. The third kappa shape index (κ3) is 5.01. The second-order valence-electron chi connectivity index (χ2n) is 9.30. The van der Waals surface area contributed by atoms with Gasteiger partial charge in [-0.3, -0.25) is 9.52 Å². The molecule has 11 heteroatoms. The number of sulfonamides is 1. The predicted octanol–water partition coefficient (Wildman–Crippen LogP) is 3.21. The number of hydrogen-bond acceptors (Lipinski definition) is 7. The Hall–Kier alpha value is -4.12. The van der Waals surface area contributed by atoms with Crippen molar-refractivity contribution in [2.75, 3.05) is 42.9 Å². The van der Waals surface area contributed by atoms with Crippen molar-refractivity contribution in [2.24, 2.45) is 0 Å². The van der Waals surface area contributed by atoms with Crippen molar-refractivity contribution in [1.29, 1.82) is 0 Å². The van der Waals surface area contributed by atoms with Crippen molar-refractivity contribution in [3.8, 4) is 5.75 Å². The van der Waals surface area contributed by atoms with Crippen LogP contribution in [0.2, 0.25) is 0 Å². The van der Waals surface area contributed by atoms with Crippen LogP contribution < -0.4 is 14.4 Å². The summed E-state index contributed by atoms with van der Waals surface area (Å²) in [7, 11) is -2.35. The minimum Gasteiger partial charge on any atom is -0.497 e. The van der Waals surface area contributed by atoms with Crippen LogP contribution in [0, 0.1) is 13.8 Å². The van der Waals surface area contributed by atoms with Gasteiger partial charge in [0.1, 0.15) is 12.3 Å². The van der Waals surface area contributed by atoms with Crippen molar-refractivity contribution in [3.63, 3.8) is 0 Å². The SMILES string of the molecule is COc1cc(C)c(S(=O)(=O)Nc2cccc3ccn(CC(=O)N4CCN(c5ncccn5)CC4)c23)c(C)c1. The number of methoxy groups -OCH3 is 1. The molecule has 0 radical (unpaired) electrons. The molecule has 1 amide bonds. The summed E-state index contributed by atoms with van der Waals surface area (Å²) in [6.45, 7) is 6.01. The Morgan fingerprint density at radius 1 is 1.00 bits per heavy atom. The molecule has 2 aromatic carbocycles. The number of aryl methyl sites for hydroxylation is 2. The Balaban J connectivity index is 1.36. The molecule has 2 aromatic heterocycles. The number of carbonyl (C=O) groups is 1. The number of nitrogens with zero attached hydrogens (tertiary/aromatic N) is 5. The molecule has 0 spiro atoms. The zero-order valence-electron chi connectivity index (χ0n) is 21.6. The molecule has 0 saturated carbocycles. The Morgan fingerprint density at radius 2 is 1.68 bits per heavy atom. The molecule has 5 rings (SSSR count). The summed E-state index contributed by atoms with van der Waals surface area (Å²) in [6, 6.07) is 12.5. The molecule has 0 unspecified atom stereocenters. The van der Waals surface area contributed by atoms with Gasteiger partial charge in [0.05, 0.1) is 23.2 Å². The lowest BCUT2D eigenvalue weighted by molar-refractivity contribution is -0.132. The number of aromatic nitrogens is 3. The number of hydrogen-bond donors (Lipinski definition) is 1. The number of fused-ring (bicyclic) bond motifs is 1. The van der Waals surface area contributed by atoms with Crippen LogP contribution in [0.4, 0.5) is 11.6 Å². The average molecular weight is 535 g/mol. The van der Waals surface area contributed by atoms with E-state index in [0.717, 1.165) is 5.39 Å². The van der Waals surface area contributed by atoms with Crippen molar-refractivity contribution >= 4 is 38.5 Å². The lowest BCUT2D eigenvalue weighted by atomic mass is 10.1. The van der Waals surface area contributed by atoms with Gasteiger partial charge in [-0.05, 0) is 55.3 Å². The topological polar surface area (TPSA) is 110 Å². The number of piperazine rings is 1. The first kappa shape index (κ1) is 25.5. The van der Waals surface area contributed by atoms with Crippen LogP contribution in [0.25, 0.3) is 10.9 Å². The van der Waals surface area contributed by atoms with Crippen molar-refractivity contribution in [1.82, 2.24) is 19.4 Å². The molecule has 10 nitrogen and oxygen atoms in total. The van der Waals surface area contributed by atoms with E-state index in [9.17, 15) is 13.2 Å². The quantitative estimate of drug-likeness (QED) is 0.388. The molecule has 0 aliphatic carbocycles. The van der Waals surface area contributed by atoms with Crippen molar-refractivity contribution in [2.45, 2.75) is 25.3 Å². The van der Waals surface area contributed by atoms with Crippen LogP contribution in [-0.2, 0) is 21.4 Å². The van der Waals surface area contributed by atoms with E-state index < -0.39 is 10.0 Å². The number of ether oxygens (including phenoxy) is 1. The van der Waals surface area contributed by atoms with Gasteiger partial charge in [-0.15, -0.1) is 0 Å². The second-order valence-corrected chi connectivity index (χ2v) is 10.9. The first-order valence-corrected chi connectivity index (χ1v) is 13.8. The molecule has 38 heavy (non-hydrogen) atoms. The summed E-state index contributed by atoms with van der Waals surface area (Å²) < 4.78 is 36.8. The van der Waals surface area contributed by atoms with Crippen LogP contribution in [-0.4, -0.2) is 67.0 Å². The smallest absolute Gasteiger partial charge is 0.262 e. The van der Waals surface area contributed by atoms with Crippen LogP contribution in [0.5, 0.6) is 5.75 Å². The van der Waals surface area contributed by atoms with E-state index in [4.69, 9.17) is 4.74 Å². The van der Waals surface area contributed by atoms with Crippen molar-refractivity contribution in [3.05, 3.63) is 72.2 Å². The molecule has 198 valence electrons. The van der Waals surface area contributed by atoms with E-state index in [0.29, 0.717) is 60.2 Å². The van der Waals surface area contributed by atoms with Gasteiger partial charge in [0, 0.05) is 50.2 Å². The van der Waals surface area contributed by atoms with E-state index in [1.54, 1.807) is 68.2 Å². The average Bonchev–Trinajstić information content (AvgIpc) is 3.32. The minimum atomic E-state index is -3.90. The lowest BCUT2D eigenvalue weighted by Gasteiger charge is -2.34. The summed E-state index contributed by atoms with van der Waals surface area (Å²) in [5, 5.41) is 0.840. The van der Waals surface area contributed by atoms with E-state index >= 15 is 0 Å². The lowest BCUT2D eigenvalue weighted by Crippen LogP contribution is -2.50. The molecular weight excluding hydrogens is 504 g/mol. The minimum absolute atomic E-state index is 0.0318. The zero-order valence-corrected chi connectivity index (χ0v) is 22.4. The number of nitrogens with one attached hydrogen (secondary N) is 1. The van der Waals surface area contributed by atoms with E-state index in [-0.39, 0.29) is 17.3 Å². The Bertz CT molecular complexity index is 1550. The van der Waals surface area contributed by atoms with Gasteiger partial charge in [-0.1, -0.05) is 12.1 Å². The van der Waals surface area contributed by atoms with Gasteiger partial charge in [0.25, 0.3) is 10.0 Å². The number of amides is 1. The zero-order chi connectivity index (χ0) is 26.9. The fourth-order valence-corrected chi connectivity index (χ4v) is 6.50. The maximum absolute atomic E-state index is 13.5. The molecular formula is C27H30N6O4S. The molecule has 1 aliphatic heterocycles. The van der Waals surface area contributed by atoms with Crippen LogP contribution in [0.3, 0.4) is 0 Å². The number of anilines is 2. The first-order chi connectivity index (χ1) is 18.3.